The zero-order valence-corrected chi connectivity index (χ0v) is 28.8. The molecule has 3 N–H and O–H groups in total. The molecule has 0 saturated carbocycles. The van der Waals surface area contributed by atoms with Gasteiger partial charge in [0.05, 0.1) is 32.8 Å². The van der Waals surface area contributed by atoms with E-state index >= 15 is 0 Å². The number of aryl methyl sites for hydroxylation is 2. The third-order valence-electron chi connectivity index (χ3n) is 7.20. The van der Waals surface area contributed by atoms with E-state index in [4.69, 9.17) is 4.74 Å². The molecule has 0 heterocycles. The quantitative estimate of drug-likeness (QED) is 0.171. The number of nitrogens with one attached hydrogen (secondary N) is 2. The highest BCUT2D eigenvalue weighted by Gasteiger charge is 2.42. The van der Waals surface area contributed by atoms with Gasteiger partial charge in [0.25, 0.3) is 0 Å². The number of esters is 1. The number of ether oxygens (including phenoxy) is 3. The fourth-order valence-corrected chi connectivity index (χ4v) is 5.87. The van der Waals surface area contributed by atoms with Gasteiger partial charge in [-0.25, -0.2) is 36.0 Å². The van der Waals surface area contributed by atoms with Crippen molar-refractivity contribution >= 4 is 43.8 Å². The standard InChI is InChI=1S/C16H23NO6S.C15H21NO6S/c1-22-14(18)16(17-15(19)23-2,11-12-24(3,20)21)10-9-13-7-5-4-6-8-13;1-22-14(19)16-15(13(17)18,10-11-23(2,20)21)9-8-12-6-4-3-5-7-12/h4-8H,9-12H2,1-3H3,(H,17,19);3-7H,8-11H2,1-2H3,(H,16,19)(H,17,18). The first-order valence-corrected chi connectivity index (χ1v) is 18.5. The summed E-state index contributed by atoms with van der Waals surface area (Å²) < 4.78 is 59.7. The second-order valence-corrected chi connectivity index (χ2v) is 15.4. The number of benzene rings is 2. The third kappa shape index (κ3) is 15.3. The van der Waals surface area contributed by atoms with Crippen LogP contribution in [0.5, 0.6) is 0 Å². The normalized spacial score (nSPS) is 13.7. The maximum absolute atomic E-state index is 12.3. The van der Waals surface area contributed by atoms with Crippen LogP contribution in [0, 0.1) is 0 Å². The van der Waals surface area contributed by atoms with Gasteiger partial charge in [-0.3, -0.25) is 0 Å². The average molecular weight is 701 g/mol. The van der Waals surface area contributed by atoms with Crippen molar-refractivity contribution < 1.29 is 55.3 Å². The van der Waals surface area contributed by atoms with Crippen LogP contribution in [0.25, 0.3) is 0 Å². The van der Waals surface area contributed by atoms with Crippen molar-refractivity contribution in [3.8, 4) is 0 Å². The van der Waals surface area contributed by atoms with Crippen molar-refractivity contribution in [3.63, 3.8) is 0 Å². The van der Waals surface area contributed by atoms with E-state index in [1.807, 2.05) is 60.7 Å². The first-order chi connectivity index (χ1) is 21.9. The molecule has 262 valence electrons. The molecule has 2 atom stereocenters. The molecule has 0 aliphatic heterocycles. The molecule has 47 heavy (non-hydrogen) atoms. The number of amides is 2. The van der Waals surface area contributed by atoms with Gasteiger partial charge in [0.15, 0.2) is 0 Å². The Morgan fingerprint density at radius 2 is 0.979 bits per heavy atom. The van der Waals surface area contributed by atoms with E-state index in [0.717, 1.165) is 30.7 Å². The smallest absolute Gasteiger partial charge is 0.407 e. The lowest BCUT2D eigenvalue weighted by atomic mass is 9.88. The van der Waals surface area contributed by atoms with Crippen molar-refractivity contribution in [1.82, 2.24) is 10.6 Å². The summed E-state index contributed by atoms with van der Waals surface area (Å²) in [6, 6.07) is 18.5. The van der Waals surface area contributed by atoms with Crippen molar-refractivity contribution in [2.75, 3.05) is 45.3 Å². The number of sulfone groups is 2. The molecule has 2 aromatic rings. The molecular formula is C31H44N2O12S2. The average Bonchev–Trinajstić information content (AvgIpc) is 3.03. The highest BCUT2D eigenvalue weighted by molar-refractivity contribution is 7.90. The van der Waals surface area contributed by atoms with E-state index in [9.17, 15) is 41.1 Å². The molecule has 0 aromatic heterocycles. The van der Waals surface area contributed by atoms with Crippen LogP contribution in [0.2, 0.25) is 0 Å². The van der Waals surface area contributed by atoms with Gasteiger partial charge in [0.1, 0.15) is 30.8 Å². The van der Waals surface area contributed by atoms with Crippen LogP contribution in [0.3, 0.4) is 0 Å². The fourth-order valence-electron chi connectivity index (χ4n) is 4.43. The van der Waals surface area contributed by atoms with Gasteiger partial charge in [0.2, 0.25) is 0 Å². The summed E-state index contributed by atoms with van der Waals surface area (Å²) in [5, 5.41) is 14.3. The number of aliphatic carboxylic acids is 1. The second kappa shape index (κ2) is 18.8. The molecule has 0 aliphatic carbocycles. The van der Waals surface area contributed by atoms with Gasteiger partial charge < -0.3 is 30.0 Å². The summed E-state index contributed by atoms with van der Waals surface area (Å²) in [7, 11) is -3.21. The fraction of sp³-hybridized carbons (Fsp3) is 0.484. The van der Waals surface area contributed by atoms with Crippen molar-refractivity contribution in [1.29, 1.82) is 0 Å². The maximum Gasteiger partial charge on any atom is 0.407 e. The van der Waals surface area contributed by atoms with Crippen LogP contribution >= 0.6 is 0 Å². The Morgan fingerprint density at radius 3 is 1.32 bits per heavy atom. The Labute approximate surface area is 276 Å². The predicted octanol–water partition coefficient (Wildman–Crippen LogP) is 2.56. The molecule has 16 heteroatoms. The largest absolute Gasteiger partial charge is 0.480 e. The van der Waals surface area contributed by atoms with Crippen LogP contribution < -0.4 is 10.6 Å². The minimum atomic E-state index is -3.37. The van der Waals surface area contributed by atoms with Crippen molar-refractivity contribution in [2.45, 2.75) is 49.6 Å². The first kappa shape index (κ1) is 40.8. The van der Waals surface area contributed by atoms with Crippen LogP contribution in [-0.2, 0) is 56.3 Å². The van der Waals surface area contributed by atoms with E-state index < -0.39 is 54.9 Å². The third-order valence-corrected chi connectivity index (χ3v) is 9.10. The molecule has 2 unspecified atom stereocenters. The van der Waals surface area contributed by atoms with E-state index in [-0.39, 0.29) is 37.2 Å². The molecule has 0 aliphatic rings. The highest BCUT2D eigenvalue weighted by atomic mass is 32.2. The first-order valence-electron chi connectivity index (χ1n) is 14.4. The topological polar surface area (TPSA) is 209 Å². The molecule has 0 fully saturated rings. The van der Waals surface area contributed by atoms with Gasteiger partial charge in [0, 0.05) is 12.5 Å². The summed E-state index contributed by atoms with van der Waals surface area (Å²) in [6.45, 7) is 0. The van der Waals surface area contributed by atoms with Gasteiger partial charge >= 0.3 is 24.1 Å². The Bertz CT molecular complexity index is 1530. The summed E-state index contributed by atoms with van der Waals surface area (Å²) >= 11 is 0. The Kier molecular flexibility index (Phi) is 16.4. The van der Waals surface area contributed by atoms with Crippen LogP contribution in [0.15, 0.2) is 60.7 Å². The molecule has 0 bridgehead atoms. The molecule has 0 spiro atoms. The van der Waals surface area contributed by atoms with Gasteiger partial charge in [-0.05, 0) is 49.7 Å². The number of rotatable bonds is 16. The molecular weight excluding hydrogens is 656 g/mol. The van der Waals surface area contributed by atoms with E-state index in [1.165, 1.54) is 14.2 Å². The zero-order valence-electron chi connectivity index (χ0n) is 27.2. The number of carbonyl (C=O) groups excluding carboxylic acids is 3. The van der Waals surface area contributed by atoms with Crippen LogP contribution in [-0.4, -0.2) is 102 Å². The SMILES string of the molecule is COC(=O)NC(CCc1ccccc1)(CCS(C)(=O)=O)C(=O)O.COC(=O)NC(CCc1ccccc1)(CCS(C)(=O)=O)C(=O)OC. The number of carboxylic acid groups (broad SMARTS) is 1. The highest BCUT2D eigenvalue weighted by Crippen LogP contribution is 2.23. The number of hydrogen-bond donors (Lipinski definition) is 3. The Balaban J connectivity index is 0.000000470. The second-order valence-electron chi connectivity index (χ2n) is 10.9. The van der Waals surface area contributed by atoms with E-state index in [1.54, 1.807) is 0 Å². The lowest BCUT2D eigenvalue weighted by molar-refractivity contribution is -0.149. The van der Waals surface area contributed by atoms with E-state index in [2.05, 4.69) is 20.1 Å². The molecule has 14 nitrogen and oxygen atoms in total. The summed E-state index contributed by atoms with van der Waals surface area (Å²) in [6.07, 6.45) is 1.12. The number of methoxy groups -OCH3 is 3. The monoisotopic (exact) mass is 700 g/mol. The lowest BCUT2D eigenvalue weighted by Crippen LogP contribution is -2.56. The van der Waals surface area contributed by atoms with Crippen molar-refractivity contribution in [2.24, 2.45) is 0 Å². The maximum atomic E-state index is 12.3. The minimum Gasteiger partial charge on any atom is -0.480 e. The van der Waals surface area contributed by atoms with E-state index in [0.29, 0.717) is 12.8 Å². The predicted molar refractivity (Wildman–Crippen MR) is 174 cm³/mol. The summed E-state index contributed by atoms with van der Waals surface area (Å²) in [5.74, 6) is -2.60. The van der Waals surface area contributed by atoms with Gasteiger partial charge in [-0.15, -0.1) is 0 Å². The van der Waals surface area contributed by atoms with Gasteiger partial charge in [-0.2, -0.15) is 0 Å². The number of carboxylic acids is 1. The van der Waals surface area contributed by atoms with Crippen LogP contribution in [0.1, 0.15) is 36.8 Å². The molecule has 2 rings (SSSR count). The minimum absolute atomic E-state index is 0.0525. The molecule has 2 amide bonds. The molecule has 2 aromatic carbocycles. The van der Waals surface area contributed by atoms with Crippen molar-refractivity contribution in [3.05, 3.63) is 71.8 Å². The zero-order chi connectivity index (χ0) is 35.7. The summed E-state index contributed by atoms with van der Waals surface area (Å²) in [4.78, 5) is 47.3. The van der Waals surface area contributed by atoms with Crippen LogP contribution in [0.4, 0.5) is 9.59 Å². The Morgan fingerprint density at radius 1 is 0.617 bits per heavy atom. The number of hydrogen-bond acceptors (Lipinski definition) is 11. The Hall–Kier alpha value is -4.18. The number of alkyl carbamates (subject to hydrolysis) is 2. The summed E-state index contributed by atoms with van der Waals surface area (Å²) in [5.41, 5.74) is -1.33. The lowest BCUT2D eigenvalue weighted by Gasteiger charge is -2.31. The molecule has 0 saturated heterocycles. The number of carbonyl (C=O) groups is 4. The molecule has 0 radical (unpaired) electrons. The van der Waals surface area contributed by atoms with Gasteiger partial charge in [-0.1, -0.05) is 60.7 Å².